The summed E-state index contributed by atoms with van der Waals surface area (Å²) in [5.41, 5.74) is -0.995. The topological polar surface area (TPSA) is 90.0 Å². The molecule has 2 N–H and O–H groups in total. The molecule has 0 aromatic carbocycles. The molecule has 0 radical (unpaired) electrons. The number of nitrogens with one attached hydrogen (secondary N) is 1. The Morgan fingerprint density at radius 2 is 1.79 bits per heavy atom. The molecule has 2 aliphatic heterocycles. The monoisotopic (exact) mass is 337 g/mol. The number of unbranched alkanes of at least 4 members (excludes halogenated alkanes) is 2. The first-order chi connectivity index (χ1) is 11.5. The van der Waals surface area contributed by atoms with Crippen molar-refractivity contribution in [1.82, 2.24) is 15.1 Å². The summed E-state index contributed by atoms with van der Waals surface area (Å²) in [5.74, 6) is -0.854. The lowest BCUT2D eigenvalue weighted by atomic mass is 9.81. The Kier molecular flexibility index (Phi) is 4.69. The zero-order valence-electron chi connectivity index (χ0n) is 14.3. The number of carboxylic acid groups (broad SMARTS) is 1. The van der Waals surface area contributed by atoms with E-state index in [2.05, 4.69) is 12.2 Å². The molecular weight excluding hydrogens is 310 g/mol. The summed E-state index contributed by atoms with van der Waals surface area (Å²) in [5, 5.41) is 12.7. The van der Waals surface area contributed by atoms with Crippen LogP contribution in [0.3, 0.4) is 0 Å². The summed E-state index contributed by atoms with van der Waals surface area (Å²) < 4.78 is 0. The Labute approximate surface area is 142 Å². The van der Waals surface area contributed by atoms with E-state index in [1.165, 1.54) is 0 Å². The SMILES string of the molecule is CCCCCNC(=O)N1C[C@@H]2CN(C(=O)C3CC3)C[C@]2(C(=O)O)C1. The summed E-state index contributed by atoms with van der Waals surface area (Å²) in [4.78, 5) is 39.8. The number of urea groups is 1. The second-order valence-electron chi connectivity index (χ2n) is 7.47. The number of hydrogen-bond acceptors (Lipinski definition) is 3. The van der Waals surface area contributed by atoms with Gasteiger partial charge in [-0.05, 0) is 19.3 Å². The van der Waals surface area contributed by atoms with E-state index in [-0.39, 0.29) is 36.9 Å². The summed E-state index contributed by atoms with van der Waals surface area (Å²) in [6, 6.07) is -0.179. The summed E-state index contributed by atoms with van der Waals surface area (Å²) in [6.07, 6.45) is 4.95. The Balaban J connectivity index is 1.60. The summed E-state index contributed by atoms with van der Waals surface area (Å²) in [6.45, 7) is 4.04. The highest BCUT2D eigenvalue weighted by Crippen LogP contribution is 2.44. The average molecular weight is 337 g/mol. The van der Waals surface area contributed by atoms with Crippen molar-refractivity contribution in [3.63, 3.8) is 0 Å². The number of rotatable bonds is 6. The molecule has 3 aliphatic rings. The second kappa shape index (κ2) is 6.61. The lowest BCUT2D eigenvalue weighted by molar-refractivity contribution is -0.149. The van der Waals surface area contributed by atoms with Crippen LogP contribution in [-0.4, -0.2) is 65.5 Å². The van der Waals surface area contributed by atoms with E-state index in [1.807, 2.05) is 0 Å². The maximum Gasteiger partial charge on any atom is 0.317 e. The van der Waals surface area contributed by atoms with Crippen LogP contribution in [0.15, 0.2) is 0 Å². The van der Waals surface area contributed by atoms with Crippen molar-refractivity contribution in [2.24, 2.45) is 17.3 Å². The zero-order valence-corrected chi connectivity index (χ0v) is 14.3. The van der Waals surface area contributed by atoms with Gasteiger partial charge in [0.15, 0.2) is 0 Å². The number of amides is 3. The fraction of sp³-hybridized carbons (Fsp3) is 0.824. The van der Waals surface area contributed by atoms with Gasteiger partial charge in [0.2, 0.25) is 5.91 Å². The number of aliphatic carboxylic acids is 1. The first-order valence-electron chi connectivity index (χ1n) is 9.03. The van der Waals surface area contributed by atoms with Gasteiger partial charge in [0, 0.05) is 44.6 Å². The largest absolute Gasteiger partial charge is 0.481 e. The lowest BCUT2D eigenvalue weighted by Crippen LogP contribution is -2.45. The molecule has 7 nitrogen and oxygen atoms in total. The molecule has 0 aromatic heterocycles. The minimum Gasteiger partial charge on any atom is -0.481 e. The molecule has 7 heteroatoms. The Morgan fingerprint density at radius 1 is 1.12 bits per heavy atom. The molecule has 2 atom stereocenters. The number of hydrogen-bond donors (Lipinski definition) is 2. The van der Waals surface area contributed by atoms with Gasteiger partial charge in [-0.1, -0.05) is 19.8 Å². The third kappa shape index (κ3) is 3.08. The fourth-order valence-corrected chi connectivity index (χ4v) is 3.96. The van der Waals surface area contributed by atoms with Crippen LogP contribution in [0, 0.1) is 17.3 Å². The highest BCUT2D eigenvalue weighted by Gasteiger charge is 2.60. The van der Waals surface area contributed by atoms with E-state index in [0.717, 1.165) is 32.1 Å². The van der Waals surface area contributed by atoms with Gasteiger partial charge in [-0.3, -0.25) is 9.59 Å². The first-order valence-corrected chi connectivity index (χ1v) is 9.03. The average Bonchev–Trinajstić information content (AvgIpc) is 3.22. The molecule has 3 amide bonds. The number of likely N-dealkylation sites (tertiary alicyclic amines) is 2. The zero-order chi connectivity index (χ0) is 17.3. The Bertz CT molecular complexity index is 534. The van der Waals surface area contributed by atoms with Gasteiger partial charge in [0.1, 0.15) is 5.41 Å². The predicted molar refractivity (Wildman–Crippen MR) is 87.4 cm³/mol. The number of carbonyl (C=O) groups excluding carboxylic acids is 2. The molecule has 0 bridgehead atoms. The molecule has 134 valence electrons. The molecule has 2 heterocycles. The van der Waals surface area contributed by atoms with Crippen molar-refractivity contribution in [2.45, 2.75) is 39.0 Å². The van der Waals surface area contributed by atoms with Crippen molar-refractivity contribution in [2.75, 3.05) is 32.7 Å². The molecule has 24 heavy (non-hydrogen) atoms. The van der Waals surface area contributed by atoms with Crippen LogP contribution in [0.1, 0.15) is 39.0 Å². The summed E-state index contributed by atoms with van der Waals surface area (Å²) in [7, 11) is 0. The van der Waals surface area contributed by atoms with Gasteiger partial charge in [-0.15, -0.1) is 0 Å². The molecule has 0 spiro atoms. The number of nitrogens with zero attached hydrogens (tertiary/aromatic N) is 2. The molecule has 1 aliphatic carbocycles. The first kappa shape index (κ1) is 17.0. The Morgan fingerprint density at radius 3 is 2.38 bits per heavy atom. The molecule has 0 aromatic rings. The van der Waals surface area contributed by atoms with Crippen LogP contribution in [0.4, 0.5) is 4.79 Å². The maximum absolute atomic E-state index is 12.3. The van der Waals surface area contributed by atoms with Crippen molar-refractivity contribution in [3.8, 4) is 0 Å². The molecule has 3 fully saturated rings. The quantitative estimate of drug-likeness (QED) is 0.711. The standard InChI is InChI=1S/C17H27N3O4/c1-2-3-4-7-18-16(24)20-9-13-8-19(14(21)12-5-6-12)10-17(13,11-20)15(22)23/h12-13H,2-11H2,1H3,(H,18,24)(H,22,23)/t13-,17-/m0/s1. The van der Waals surface area contributed by atoms with E-state index in [1.54, 1.807) is 9.80 Å². The van der Waals surface area contributed by atoms with Crippen molar-refractivity contribution in [3.05, 3.63) is 0 Å². The minimum atomic E-state index is -0.995. The smallest absolute Gasteiger partial charge is 0.317 e. The number of carboxylic acids is 1. The van der Waals surface area contributed by atoms with Gasteiger partial charge in [0.05, 0.1) is 0 Å². The van der Waals surface area contributed by atoms with Crippen LogP contribution in [0.25, 0.3) is 0 Å². The van der Waals surface area contributed by atoms with E-state index >= 15 is 0 Å². The van der Waals surface area contributed by atoms with Crippen LogP contribution in [0.5, 0.6) is 0 Å². The molecular formula is C17H27N3O4. The molecule has 1 saturated carbocycles. The van der Waals surface area contributed by atoms with E-state index in [0.29, 0.717) is 19.6 Å². The maximum atomic E-state index is 12.3. The molecule has 2 saturated heterocycles. The third-order valence-electron chi connectivity index (χ3n) is 5.62. The van der Waals surface area contributed by atoms with E-state index in [9.17, 15) is 19.5 Å². The van der Waals surface area contributed by atoms with E-state index < -0.39 is 11.4 Å². The van der Waals surface area contributed by atoms with Crippen LogP contribution >= 0.6 is 0 Å². The summed E-state index contributed by atoms with van der Waals surface area (Å²) >= 11 is 0. The van der Waals surface area contributed by atoms with Crippen molar-refractivity contribution >= 4 is 17.9 Å². The van der Waals surface area contributed by atoms with Crippen LogP contribution in [-0.2, 0) is 9.59 Å². The predicted octanol–water partition coefficient (Wildman–Crippen LogP) is 1.14. The van der Waals surface area contributed by atoms with Crippen molar-refractivity contribution < 1.29 is 19.5 Å². The minimum absolute atomic E-state index is 0.0978. The second-order valence-corrected chi connectivity index (χ2v) is 7.47. The third-order valence-corrected chi connectivity index (χ3v) is 5.62. The van der Waals surface area contributed by atoms with Crippen LogP contribution in [0.2, 0.25) is 0 Å². The lowest BCUT2D eigenvalue weighted by Gasteiger charge is -2.25. The Hall–Kier alpha value is -1.79. The highest BCUT2D eigenvalue weighted by atomic mass is 16.4. The van der Waals surface area contributed by atoms with Gasteiger partial charge in [-0.2, -0.15) is 0 Å². The van der Waals surface area contributed by atoms with Crippen molar-refractivity contribution in [1.29, 1.82) is 0 Å². The fourth-order valence-electron chi connectivity index (χ4n) is 3.96. The van der Waals surface area contributed by atoms with E-state index in [4.69, 9.17) is 0 Å². The van der Waals surface area contributed by atoms with Gasteiger partial charge < -0.3 is 20.2 Å². The van der Waals surface area contributed by atoms with Gasteiger partial charge >= 0.3 is 12.0 Å². The number of fused-ring (bicyclic) bond motifs is 1. The highest BCUT2D eigenvalue weighted by molar-refractivity contribution is 5.85. The molecule has 0 unspecified atom stereocenters. The van der Waals surface area contributed by atoms with Crippen LogP contribution < -0.4 is 5.32 Å². The number of carbonyl (C=O) groups is 3. The normalized spacial score (nSPS) is 28.8. The van der Waals surface area contributed by atoms with Gasteiger partial charge in [0.25, 0.3) is 0 Å². The molecule has 3 rings (SSSR count). The van der Waals surface area contributed by atoms with Gasteiger partial charge in [-0.25, -0.2) is 4.79 Å².